The van der Waals surface area contributed by atoms with Gasteiger partial charge in [-0.25, -0.2) is 4.79 Å². The van der Waals surface area contributed by atoms with Crippen molar-refractivity contribution in [3.05, 3.63) is 70.1 Å². The van der Waals surface area contributed by atoms with E-state index in [-0.39, 0.29) is 23.7 Å². The lowest BCUT2D eigenvalue weighted by Crippen LogP contribution is -2.36. The molecule has 0 amide bonds. The van der Waals surface area contributed by atoms with Gasteiger partial charge in [0.15, 0.2) is 6.61 Å². The first-order valence-corrected chi connectivity index (χ1v) is 9.28. The lowest BCUT2D eigenvalue weighted by Gasteiger charge is -2.28. The van der Waals surface area contributed by atoms with Gasteiger partial charge in [-0.15, -0.1) is 10.2 Å². The Balaban J connectivity index is 1.45. The van der Waals surface area contributed by atoms with E-state index >= 15 is 0 Å². The van der Waals surface area contributed by atoms with Crippen LogP contribution in [0.1, 0.15) is 16.2 Å². The second-order valence-corrected chi connectivity index (χ2v) is 6.50. The molecule has 0 spiro atoms. The summed E-state index contributed by atoms with van der Waals surface area (Å²) in [4.78, 5) is 25.3. The van der Waals surface area contributed by atoms with Crippen LogP contribution >= 0.6 is 0 Å². The van der Waals surface area contributed by atoms with Gasteiger partial charge >= 0.3 is 5.97 Å². The molecule has 1 aliphatic heterocycles. The number of nitro benzene ring substituents is 1. The van der Waals surface area contributed by atoms with Crippen LogP contribution in [0.3, 0.4) is 0 Å². The number of carbonyl (C=O) groups is 1. The van der Waals surface area contributed by atoms with Gasteiger partial charge in [0.05, 0.1) is 23.7 Å². The van der Waals surface area contributed by atoms with E-state index in [2.05, 4.69) is 10.2 Å². The average Bonchev–Trinajstić information content (AvgIpc) is 3.27. The minimum atomic E-state index is -0.717. The molecule has 10 heteroatoms. The quantitative estimate of drug-likeness (QED) is 0.343. The van der Waals surface area contributed by atoms with Crippen LogP contribution in [-0.2, 0) is 16.1 Å². The zero-order chi connectivity index (χ0) is 20.9. The summed E-state index contributed by atoms with van der Waals surface area (Å²) in [5.74, 6) is -0.278. The van der Waals surface area contributed by atoms with Crippen molar-refractivity contribution < 1.29 is 23.6 Å². The topological polar surface area (TPSA) is 121 Å². The molecule has 4 rings (SSSR count). The SMILES string of the molecule is O=C(OCc1nnc(-c2ccccc2)o1)c1ccc(N2CCOCC2)c([N+](=O)[O-])c1. The molecule has 2 heterocycles. The minimum absolute atomic E-state index is 0.0708. The zero-order valence-corrected chi connectivity index (χ0v) is 15.9. The standard InChI is InChI=1S/C20H18N4O6/c25-20(29-13-18-21-22-19(30-18)14-4-2-1-3-5-14)15-6-7-16(17(12-15)24(26)27)23-8-10-28-11-9-23/h1-7,12H,8-11,13H2. The van der Waals surface area contributed by atoms with Gasteiger partial charge in [0, 0.05) is 24.7 Å². The first-order chi connectivity index (χ1) is 14.6. The van der Waals surface area contributed by atoms with E-state index in [0.29, 0.717) is 37.9 Å². The van der Waals surface area contributed by atoms with Gasteiger partial charge < -0.3 is 18.8 Å². The molecule has 30 heavy (non-hydrogen) atoms. The summed E-state index contributed by atoms with van der Waals surface area (Å²) in [6.45, 7) is 1.85. The van der Waals surface area contributed by atoms with Gasteiger partial charge in [0.2, 0.25) is 5.89 Å². The van der Waals surface area contributed by atoms with Crippen molar-refractivity contribution in [2.75, 3.05) is 31.2 Å². The predicted molar refractivity (Wildman–Crippen MR) is 105 cm³/mol. The fourth-order valence-corrected chi connectivity index (χ4v) is 3.09. The van der Waals surface area contributed by atoms with Crippen LogP contribution in [0.4, 0.5) is 11.4 Å². The number of carbonyl (C=O) groups excluding carboxylic acids is 1. The highest BCUT2D eigenvalue weighted by Crippen LogP contribution is 2.30. The van der Waals surface area contributed by atoms with Crippen LogP contribution in [0.5, 0.6) is 0 Å². The summed E-state index contributed by atoms with van der Waals surface area (Å²) < 4.78 is 16.0. The highest BCUT2D eigenvalue weighted by molar-refractivity contribution is 5.91. The number of esters is 1. The van der Waals surface area contributed by atoms with Crippen molar-refractivity contribution in [1.82, 2.24) is 10.2 Å². The molecule has 0 saturated carbocycles. The van der Waals surface area contributed by atoms with Crippen molar-refractivity contribution >= 4 is 17.3 Å². The van der Waals surface area contributed by atoms with E-state index in [0.717, 1.165) is 5.56 Å². The second-order valence-electron chi connectivity index (χ2n) is 6.50. The van der Waals surface area contributed by atoms with Gasteiger partial charge in [0.25, 0.3) is 11.6 Å². The monoisotopic (exact) mass is 410 g/mol. The number of nitrogens with zero attached hydrogens (tertiary/aromatic N) is 4. The third-order valence-corrected chi connectivity index (χ3v) is 4.57. The first-order valence-electron chi connectivity index (χ1n) is 9.28. The Kier molecular flexibility index (Phi) is 5.66. The van der Waals surface area contributed by atoms with Gasteiger partial charge in [-0.05, 0) is 24.3 Å². The lowest BCUT2D eigenvalue weighted by atomic mass is 10.1. The van der Waals surface area contributed by atoms with E-state index in [1.54, 1.807) is 6.07 Å². The number of ether oxygens (including phenoxy) is 2. The van der Waals surface area contributed by atoms with E-state index in [4.69, 9.17) is 13.9 Å². The number of rotatable bonds is 6. The molecule has 0 bridgehead atoms. The fraction of sp³-hybridized carbons (Fsp3) is 0.250. The van der Waals surface area contributed by atoms with E-state index in [9.17, 15) is 14.9 Å². The molecule has 1 fully saturated rings. The highest BCUT2D eigenvalue weighted by atomic mass is 16.6. The molecule has 154 valence electrons. The summed E-state index contributed by atoms with van der Waals surface area (Å²) in [7, 11) is 0. The van der Waals surface area contributed by atoms with Crippen molar-refractivity contribution in [3.8, 4) is 11.5 Å². The average molecular weight is 410 g/mol. The lowest BCUT2D eigenvalue weighted by molar-refractivity contribution is -0.384. The molecule has 1 aliphatic rings. The number of hydrogen-bond acceptors (Lipinski definition) is 9. The molecule has 0 aliphatic carbocycles. The Labute approximate surface area is 171 Å². The van der Waals surface area contributed by atoms with Gasteiger partial charge in [-0.1, -0.05) is 18.2 Å². The smallest absolute Gasteiger partial charge is 0.338 e. The van der Waals surface area contributed by atoms with E-state index in [1.807, 2.05) is 35.2 Å². The number of benzene rings is 2. The maximum Gasteiger partial charge on any atom is 0.338 e. The third kappa shape index (κ3) is 4.28. The van der Waals surface area contributed by atoms with Gasteiger partial charge in [-0.3, -0.25) is 10.1 Å². The summed E-state index contributed by atoms with van der Waals surface area (Å²) >= 11 is 0. The van der Waals surface area contributed by atoms with Crippen LogP contribution in [-0.4, -0.2) is 47.4 Å². The Morgan fingerprint density at radius 1 is 1.13 bits per heavy atom. The molecule has 1 aromatic heterocycles. The molecule has 1 saturated heterocycles. The van der Waals surface area contributed by atoms with Crippen LogP contribution < -0.4 is 4.90 Å². The largest absolute Gasteiger partial charge is 0.452 e. The summed E-state index contributed by atoms with van der Waals surface area (Å²) in [5.41, 5.74) is 1.11. The molecular weight excluding hydrogens is 392 g/mol. The highest BCUT2D eigenvalue weighted by Gasteiger charge is 2.24. The van der Waals surface area contributed by atoms with Crippen LogP contribution in [0.25, 0.3) is 11.5 Å². The van der Waals surface area contributed by atoms with Crippen molar-refractivity contribution in [3.63, 3.8) is 0 Å². The maximum atomic E-state index is 12.4. The summed E-state index contributed by atoms with van der Waals surface area (Å²) in [5, 5.41) is 19.3. The Morgan fingerprint density at radius 2 is 1.90 bits per heavy atom. The van der Waals surface area contributed by atoms with Crippen LogP contribution in [0, 0.1) is 10.1 Å². The molecule has 2 aromatic carbocycles. The third-order valence-electron chi connectivity index (χ3n) is 4.57. The van der Waals surface area contributed by atoms with Crippen LogP contribution in [0.2, 0.25) is 0 Å². The maximum absolute atomic E-state index is 12.4. The minimum Gasteiger partial charge on any atom is -0.452 e. The number of hydrogen-bond donors (Lipinski definition) is 0. The summed E-state index contributed by atoms with van der Waals surface area (Å²) in [6, 6.07) is 13.5. The van der Waals surface area contributed by atoms with E-state index in [1.165, 1.54) is 12.1 Å². The normalized spacial score (nSPS) is 13.8. The van der Waals surface area contributed by atoms with Crippen molar-refractivity contribution in [1.29, 1.82) is 0 Å². The number of anilines is 1. The molecule has 0 N–H and O–H groups in total. The van der Waals surface area contributed by atoms with Crippen LogP contribution in [0.15, 0.2) is 52.9 Å². The molecule has 3 aromatic rings. The zero-order valence-electron chi connectivity index (χ0n) is 15.9. The molecule has 0 unspecified atom stereocenters. The number of aromatic nitrogens is 2. The Bertz CT molecular complexity index is 1050. The van der Waals surface area contributed by atoms with Gasteiger partial charge in [0.1, 0.15) is 5.69 Å². The van der Waals surface area contributed by atoms with Crippen molar-refractivity contribution in [2.45, 2.75) is 6.61 Å². The fourth-order valence-electron chi connectivity index (χ4n) is 3.09. The predicted octanol–water partition coefficient (Wildman–Crippen LogP) is 2.84. The Morgan fingerprint density at radius 3 is 2.63 bits per heavy atom. The Hall–Kier alpha value is -3.79. The van der Waals surface area contributed by atoms with Crippen molar-refractivity contribution in [2.24, 2.45) is 0 Å². The second kappa shape index (κ2) is 8.70. The summed E-state index contributed by atoms with van der Waals surface area (Å²) in [6.07, 6.45) is 0. The number of nitro groups is 1. The molecule has 0 radical (unpaired) electrons. The van der Waals surface area contributed by atoms with Gasteiger partial charge in [-0.2, -0.15) is 0 Å². The molecule has 0 atom stereocenters. The number of morpholine rings is 1. The first kappa shape index (κ1) is 19.5. The van der Waals surface area contributed by atoms with E-state index < -0.39 is 10.9 Å². The molecule has 10 nitrogen and oxygen atoms in total. The molecular formula is C20H18N4O6.